The number of aliphatic imine (C=N–C) groups is 1. The predicted octanol–water partition coefficient (Wildman–Crippen LogP) is 1.77. The third-order valence-electron chi connectivity index (χ3n) is 7.34. The van der Waals surface area contributed by atoms with Gasteiger partial charge in [-0.2, -0.15) is 0 Å². The number of rotatable bonds is 5. The summed E-state index contributed by atoms with van der Waals surface area (Å²) in [6, 6.07) is 0. The summed E-state index contributed by atoms with van der Waals surface area (Å²) in [5.41, 5.74) is 0.568. The lowest BCUT2D eigenvalue weighted by Gasteiger charge is -2.44. The zero-order valence-electron chi connectivity index (χ0n) is 17.1. The Bertz CT molecular complexity index is 541. The summed E-state index contributed by atoms with van der Waals surface area (Å²) in [6.07, 6.45) is 10.7. The first kappa shape index (κ1) is 19.0. The average molecular weight is 376 g/mol. The van der Waals surface area contributed by atoms with Gasteiger partial charge in [-0.25, -0.2) is 0 Å². The van der Waals surface area contributed by atoms with E-state index in [2.05, 4.69) is 25.0 Å². The summed E-state index contributed by atoms with van der Waals surface area (Å²) in [5.74, 6) is 2.35. The van der Waals surface area contributed by atoms with Gasteiger partial charge in [0.05, 0.1) is 6.54 Å². The van der Waals surface area contributed by atoms with Gasteiger partial charge in [-0.15, -0.1) is 0 Å². The molecule has 1 N–H and O–H groups in total. The van der Waals surface area contributed by atoms with Gasteiger partial charge in [0, 0.05) is 52.9 Å². The minimum atomic E-state index is 0.321. The molecular formula is C21H37N5O. The minimum Gasteiger partial charge on any atom is -0.356 e. The summed E-state index contributed by atoms with van der Waals surface area (Å²) in [7, 11) is 1.90. The Kier molecular flexibility index (Phi) is 5.90. The van der Waals surface area contributed by atoms with E-state index in [0.717, 1.165) is 57.7 Å². The molecule has 2 aliphatic carbocycles. The monoisotopic (exact) mass is 375 g/mol. The Morgan fingerprint density at radius 2 is 1.67 bits per heavy atom. The maximum Gasteiger partial charge on any atom is 0.236 e. The van der Waals surface area contributed by atoms with Gasteiger partial charge in [-0.05, 0) is 56.3 Å². The largest absolute Gasteiger partial charge is 0.356 e. The smallest absolute Gasteiger partial charge is 0.236 e. The fourth-order valence-electron chi connectivity index (χ4n) is 5.20. The molecule has 4 fully saturated rings. The number of amides is 1. The van der Waals surface area contributed by atoms with Crippen molar-refractivity contribution in [1.82, 2.24) is 20.0 Å². The third kappa shape index (κ3) is 4.41. The van der Waals surface area contributed by atoms with Gasteiger partial charge >= 0.3 is 0 Å². The number of carbonyl (C=O) groups is 1. The summed E-state index contributed by atoms with van der Waals surface area (Å²) in [4.78, 5) is 23.8. The Balaban J connectivity index is 1.21. The molecule has 1 amide bonds. The summed E-state index contributed by atoms with van der Waals surface area (Å²) in [6.45, 7) is 7.42. The number of hydrogen-bond acceptors (Lipinski definition) is 3. The standard InChI is InChI=1S/C21H37N5O/c1-22-20(23-17-21(8-5-9-21)18-6-7-18)26-14-12-24(13-15-26)16-19(27)25-10-3-2-4-11-25/h18H,2-17H2,1H3,(H,22,23). The maximum atomic E-state index is 12.5. The van der Waals surface area contributed by atoms with Crippen LogP contribution in [0.3, 0.4) is 0 Å². The first-order valence-corrected chi connectivity index (χ1v) is 11.2. The van der Waals surface area contributed by atoms with Crippen LogP contribution in [-0.4, -0.2) is 86.0 Å². The van der Waals surface area contributed by atoms with Crippen LogP contribution in [0.25, 0.3) is 0 Å². The number of nitrogens with zero attached hydrogens (tertiary/aromatic N) is 4. The van der Waals surface area contributed by atoms with E-state index in [1.165, 1.54) is 51.4 Å². The molecule has 27 heavy (non-hydrogen) atoms. The molecule has 2 saturated heterocycles. The zero-order chi connectivity index (χ0) is 18.7. The van der Waals surface area contributed by atoms with Gasteiger partial charge in [0.15, 0.2) is 5.96 Å². The molecule has 0 aromatic heterocycles. The first-order chi connectivity index (χ1) is 13.2. The van der Waals surface area contributed by atoms with Crippen LogP contribution in [0.5, 0.6) is 0 Å². The number of piperidine rings is 1. The molecule has 0 atom stereocenters. The van der Waals surface area contributed by atoms with Crippen LogP contribution in [0, 0.1) is 11.3 Å². The summed E-state index contributed by atoms with van der Waals surface area (Å²) in [5, 5.41) is 3.69. The fraction of sp³-hybridized carbons (Fsp3) is 0.905. The fourth-order valence-corrected chi connectivity index (χ4v) is 5.20. The highest BCUT2D eigenvalue weighted by molar-refractivity contribution is 5.80. The lowest BCUT2D eigenvalue weighted by atomic mass is 9.65. The number of piperazine rings is 1. The van der Waals surface area contributed by atoms with Gasteiger partial charge < -0.3 is 15.1 Å². The predicted molar refractivity (Wildman–Crippen MR) is 109 cm³/mol. The normalized spacial score (nSPS) is 26.6. The number of guanidine groups is 1. The Hall–Kier alpha value is -1.30. The van der Waals surface area contributed by atoms with E-state index in [-0.39, 0.29) is 0 Å². The van der Waals surface area contributed by atoms with Crippen molar-refractivity contribution in [3.05, 3.63) is 0 Å². The van der Waals surface area contributed by atoms with Crippen LogP contribution >= 0.6 is 0 Å². The van der Waals surface area contributed by atoms with E-state index in [0.29, 0.717) is 17.9 Å². The SMILES string of the molecule is CN=C(NCC1(C2CC2)CCC1)N1CCN(CC(=O)N2CCCCC2)CC1. The molecule has 0 spiro atoms. The Morgan fingerprint density at radius 1 is 0.963 bits per heavy atom. The van der Waals surface area contributed by atoms with Gasteiger partial charge in [-0.3, -0.25) is 14.7 Å². The second-order valence-electron chi connectivity index (χ2n) is 9.10. The van der Waals surface area contributed by atoms with E-state index in [1.807, 2.05) is 7.05 Å². The maximum absolute atomic E-state index is 12.5. The molecule has 0 aromatic rings. The molecule has 0 unspecified atom stereocenters. The van der Waals surface area contributed by atoms with Gasteiger partial charge in [0.1, 0.15) is 0 Å². The summed E-state index contributed by atoms with van der Waals surface area (Å²) >= 11 is 0. The highest BCUT2D eigenvalue weighted by atomic mass is 16.2. The van der Waals surface area contributed by atoms with Crippen LogP contribution in [0.15, 0.2) is 4.99 Å². The molecule has 0 aromatic carbocycles. The van der Waals surface area contributed by atoms with E-state index >= 15 is 0 Å². The van der Waals surface area contributed by atoms with Gasteiger partial charge in [0.2, 0.25) is 5.91 Å². The van der Waals surface area contributed by atoms with Crippen molar-refractivity contribution in [2.45, 2.75) is 51.4 Å². The van der Waals surface area contributed by atoms with Crippen LogP contribution in [0.4, 0.5) is 0 Å². The van der Waals surface area contributed by atoms with Crippen molar-refractivity contribution >= 4 is 11.9 Å². The zero-order valence-corrected chi connectivity index (χ0v) is 17.1. The number of hydrogen-bond donors (Lipinski definition) is 1. The second-order valence-corrected chi connectivity index (χ2v) is 9.10. The van der Waals surface area contributed by atoms with E-state index in [4.69, 9.17) is 0 Å². The molecule has 0 bridgehead atoms. The van der Waals surface area contributed by atoms with E-state index < -0.39 is 0 Å². The molecule has 4 rings (SSSR count). The Morgan fingerprint density at radius 3 is 2.22 bits per heavy atom. The van der Waals surface area contributed by atoms with E-state index in [1.54, 1.807) is 0 Å². The minimum absolute atomic E-state index is 0.321. The molecule has 152 valence electrons. The molecule has 4 aliphatic rings. The summed E-state index contributed by atoms with van der Waals surface area (Å²) < 4.78 is 0. The van der Waals surface area contributed by atoms with Crippen molar-refractivity contribution in [2.24, 2.45) is 16.3 Å². The van der Waals surface area contributed by atoms with Crippen molar-refractivity contribution in [2.75, 3.05) is 59.4 Å². The average Bonchev–Trinajstić information content (AvgIpc) is 3.51. The Labute approximate surface area is 164 Å². The van der Waals surface area contributed by atoms with Crippen LogP contribution in [0.2, 0.25) is 0 Å². The number of likely N-dealkylation sites (tertiary alicyclic amines) is 1. The molecule has 0 radical (unpaired) electrons. The lowest BCUT2D eigenvalue weighted by molar-refractivity contribution is -0.133. The van der Waals surface area contributed by atoms with Gasteiger partial charge in [-0.1, -0.05) is 6.42 Å². The van der Waals surface area contributed by atoms with Crippen LogP contribution in [0.1, 0.15) is 51.4 Å². The number of nitrogens with one attached hydrogen (secondary N) is 1. The highest BCUT2D eigenvalue weighted by Crippen LogP contribution is 2.56. The second kappa shape index (κ2) is 8.38. The topological polar surface area (TPSA) is 51.2 Å². The van der Waals surface area contributed by atoms with Crippen LogP contribution in [-0.2, 0) is 4.79 Å². The molecule has 2 aliphatic heterocycles. The molecule has 2 saturated carbocycles. The van der Waals surface area contributed by atoms with Crippen molar-refractivity contribution in [3.8, 4) is 0 Å². The molecular weight excluding hydrogens is 338 g/mol. The highest BCUT2D eigenvalue weighted by Gasteiger charge is 2.48. The van der Waals surface area contributed by atoms with Crippen molar-refractivity contribution in [3.63, 3.8) is 0 Å². The van der Waals surface area contributed by atoms with Crippen molar-refractivity contribution < 1.29 is 4.79 Å². The van der Waals surface area contributed by atoms with Gasteiger partial charge in [0.25, 0.3) is 0 Å². The van der Waals surface area contributed by atoms with Crippen molar-refractivity contribution in [1.29, 1.82) is 0 Å². The van der Waals surface area contributed by atoms with E-state index in [9.17, 15) is 4.79 Å². The molecule has 6 heteroatoms. The number of carbonyl (C=O) groups excluding carboxylic acids is 1. The first-order valence-electron chi connectivity index (χ1n) is 11.2. The quantitative estimate of drug-likeness (QED) is 0.588. The molecule has 6 nitrogen and oxygen atoms in total. The molecule has 2 heterocycles. The lowest BCUT2D eigenvalue weighted by Crippen LogP contribution is -2.56. The van der Waals surface area contributed by atoms with Crippen LogP contribution < -0.4 is 5.32 Å². The third-order valence-corrected chi connectivity index (χ3v) is 7.34.